The predicted molar refractivity (Wildman–Crippen MR) is 90.1 cm³/mol. The van der Waals surface area contributed by atoms with Crippen molar-refractivity contribution < 1.29 is 9.90 Å². The molecule has 0 aliphatic heterocycles. The lowest BCUT2D eigenvalue weighted by atomic mass is 10.1. The molecule has 1 saturated carbocycles. The van der Waals surface area contributed by atoms with Crippen LogP contribution < -0.4 is 5.32 Å². The molecule has 0 atom stereocenters. The summed E-state index contributed by atoms with van der Waals surface area (Å²) in [6.45, 7) is 0.909. The van der Waals surface area contributed by atoms with E-state index in [9.17, 15) is 9.90 Å². The molecular formula is C19H19N3O2. The fourth-order valence-corrected chi connectivity index (χ4v) is 2.58. The van der Waals surface area contributed by atoms with E-state index < -0.39 is 0 Å². The number of nitriles is 1. The highest BCUT2D eigenvalue weighted by Gasteiger charge is 2.32. The van der Waals surface area contributed by atoms with Crippen LogP contribution in [0.25, 0.3) is 0 Å². The van der Waals surface area contributed by atoms with Crippen molar-refractivity contribution in [2.24, 2.45) is 0 Å². The molecule has 2 N–H and O–H groups in total. The Morgan fingerprint density at radius 1 is 1.21 bits per heavy atom. The Morgan fingerprint density at radius 3 is 2.58 bits per heavy atom. The molecule has 24 heavy (non-hydrogen) atoms. The van der Waals surface area contributed by atoms with E-state index in [4.69, 9.17) is 5.26 Å². The van der Waals surface area contributed by atoms with Gasteiger partial charge in [0.05, 0.1) is 11.6 Å². The van der Waals surface area contributed by atoms with Crippen LogP contribution in [-0.4, -0.2) is 22.1 Å². The van der Waals surface area contributed by atoms with Gasteiger partial charge in [-0.25, -0.2) is 4.79 Å². The zero-order chi connectivity index (χ0) is 16.9. The number of amides is 2. The highest BCUT2D eigenvalue weighted by Crippen LogP contribution is 2.29. The quantitative estimate of drug-likeness (QED) is 0.888. The molecule has 0 saturated heterocycles. The molecule has 1 aliphatic rings. The third kappa shape index (κ3) is 4.05. The van der Waals surface area contributed by atoms with Crippen LogP contribution >= 0.6 is 0 Å². The van der Waals surface area contributed by atoms with Gasteiger partial charge in [-0.05, 0) is 48.2 Å². The Hall–Kier alpha value is -3.00. The molecule has 0 spiro atoms. The number of carbonyl (C=O) groups is 1. The Kier molecular flexibility index (Phi) is 4.66. The molecule has 122 valence electrons. The third-order valence-electron chi connectivity index (χ3n) is 4.04. The van der Waals surface area contributed by atoms with Crippen molar-refractivity contribution in [1.82, 2.24) is 10.2 Å². The number of nitrogens with one attached hydrogen (secondary N) is 1. The normalized spacial score (nSPS) is 13.1. The van der Waals surface area contributed by atoms with E-state index in [1.54, 1.807) is 30.3 Å². The number of benzene rings is 2. The number of phenolic OH excluding ortho intramolecular Hbond substituents is 1. The molecule has 0 aromatic heterocycles. The van der Waals surface area contributed by atoms with E-state index in [0.29, 0.717) is 18.7 Å². The SMILES string of the molecule is N#Cc1ccc(CNC(=O)N(Cc2cccc(O)c2)C2CC2)cc1. The third-order valence-corrected chi connectivity index (χ3v) is 4.04. The van der Waals surface area contributed by atoms with E-state index in [1.165, 1.54) is 0 Å². The second-order valence-electron chi connectivity index (χ2n) is 6.00. The average Bonchev–Trinajstić information content (AvgIpc) is 3.43. The number of nitrogens with zero attached hydrogens (tertiary/aromatic N) is 2. The van der Waals surface area contributed by atoms with E-state index in [1.807, 2.05) is 23.1 Å². The Balaban J connectivity index is 1.61. The van der Waals surface area contributed by atoms with Gasteiger partial charge in [-0.1, -0.05) is 24.3 Å². The molecule has 2 aromatic carbocycles. The first-order chi connectivity index (χ1) is 11.7. The summed E-state index contributed by atoms with van der Waals surface area (Å²) in [7, 11) is 0. The van der Waals surface area contributed by atoms with Crippen LogP contribution in [0.15, 0.2) is 48.5 Å². The maximum Gasteiger partial charge on any atom is 0.318 e. The van der Waals surface area contributed by atoms with Crippen LogP contribution in [0, 0.1) is 11.3 Å². The summed E-state index contributed by atoms with van der Waals surface area (Å²) in [5.41, 5.74) is 2.47. The van der Waals surface area contributed by atoms with Gasteiger partial charge < -0.3 is 15.3 Å². The minimum Gasteiger partial charge on any atom is -0.508 e. The molecule has 1 fully saturated rings. The summed E-state index contributed by atoms with van der Waals surface area (Å²) in [5.74, 6) is 0.209. The summed E-state index contributed by atoms with van der Waals surface area (Å²) in [6.07, 6.45) is 2.03. The zero-order valence-corrected chi connectivity index (χ0v) is 13.3. The first kappa shape index (κ1) is 15.9. The van der Waals surface area contributed by atoms with Gasteiger partial charge in [0.2, 0.25) is 0 Å². The van der Waals surface area contributed by atoms with Crippen molar-refractivity contribution in [3.63, 3.8) is 0 Å². The minimum absolute atomic E-state index is 0.106. The van der Waals surface area contributed by atoms with Gasteiger partial charge in [-0.2, -0.15) is 5.26 Å². The summed E-state index contributed by atoms with van der Waals surface area (Å²) in [4.78, 5) is 14.3. The molecule has 0 bridgehead atoms. The van der Waals surface area contributed by atoms with Crippen LogP contribution in [0.5, 0.6) is 5.75 Å². The predicted octanol–water partition coefficient (Wildman–Crippen LogP) is 3.14. The molecule has 1 aliphatic carbocycles. The van der Waals surface area contributed by atoms with Crippen molar-refractivity contribution in [2.45, 2.75) is 32.0 Å². The maximum absolute atomic E-state index is 12.5. The van der Waals surface area contributed by atoms with E-state index in [-0.39, 0.29) is 17.8 Å². The first-order valence-electron chi connectivity index (χ1n) is 7.97. The van der Waals surface area contributed by atoms with E-state index in [2.05, 4.69) is 11.4 Å². The van der Waals surface area contributed by atoms with Crippen molar-refractivity contribution in [1.29, 1.82) is 5.26 Å². The fourth-order valence-electron chi connectivity index (χ4n) is 2.58. The Morgan fingerprint density at radius 2 is 1.96 bits per heavy atom. The van der Waals surface area contributed by atoms with Gasteiger partial charge in [0.1, 0.15) is 5.75 Å². The number of rotatable bonds is 5. The monoisotopic (exact) mass is 321 g/mol. The van der Waals surface area contributed by atoms with Crippen molar-refractivity contribution >= 4 is 6.03 Å². The smallest absolute Gasteiger partial charge is 0.318 e. The Labute approximate surface area is 141 Å². The molecule has 2 amide bonds. The van der Waals surface area contributed by atoms with Crippen molar-refractivity contribution in [3.8, 4) is 11.8 Å². The lowest BCUT2D eigenvalue weighted by Crippen LogP contribution is -2.40. The summed E-state index contributed by atoms with van der Waals surface area (Å²) in [6, 6.07) is 16.4. The highest BCUT2D eigenvalue weighted by atomic mass is 16.3. The van der Waals surface area contributed by atoms with Crippen LogP contribution in [-0.2, 0) is 13.1 Å². The van der Waals surface area contributed by atoms with Crippen LogP contribution in [0.3, 0.4) is 0 Å². The first-order valence-corrected chi connectivity index (χ1v) is 7.97. The highest BCUT2D eigenvalue weighted by molar-refractivity contribution is 5.75. The van der Waals surface area contributed by atoms with Gasteiger partial charge in [0, 0.05) is 19.1 Å². The summed E-state index contributed by atoms with van der Waals surface area (Å²) in [5, 5.41) is 21.3. The minimum atomic E-state index is -0.106. The second kappa shape index (κ2) is 7.05. The maximum atomic E-state index is 12.5. The van der Waals surface area contributed by atoms with Gasteiger partial charge in [-0.3, -0.25) is 0 Å². The standard InChI is InChI=1S/C19H19N3O2/c20-11-14-4-6-15(7-5-14)12-21-19(24)22(17-8-9-17)13-16-2-1-3-18(23)10-16/h1-7,10,17,23H,8-9,12-13H2,(H,21,24). The van der Waals surface area contributed by atoms with Crippen LogP contribution in [0.2, 0.25) is 0 Å². The Bertz CT molecular complexity index is 761. The fraction of sp³-hybridized carbons (Fsp3) is 0.263. The van der Waals surface area contributed by atoms with E-state index >= 15 is 0 Å². The number of hydrogen-bond acceptors (Lipinski definition) is 3. The molecule has 5 nitrogen and oxygen atoms in total. The number of hydrogen-bond donors (Lipinski definition) is 2. The van der Waals surface area contributed by atoms with Gasteiger partial charge >= 0.3 is 6.03 Å². The van der Waals surface area contributed by atoms with Crippen LogP contribution in [0.4, 0.5) is 4.79 Å². The van der Waals surface area contributed by atoms with Gasteiger partial charge in [0.15, 0.2) is 0 Å². The lowest BCUT2D eigenvalue weighted by Gasteiger charge is -2.23. The molecule has 0 unspecified atom stereocenters. The lowest BCUT2D eigenvalue weighted by molar-refractivity contribution is 0.191. The molecule has 0 radical (unpaired) electrons. The number of urea groups is 1. The van der Waals surface area contributed by atoms with Crippen molar-refractivity contribution in [3.05, 3.63) is 65.2 Å². The van der Waals surface area contributed by atoms with Crippen molar-refractivity contribution in [2.75, 3.05) is 0 Å². The summed E-state index contributed by atoms with van der Waals surface area (Å²) < 4.78 is 0. The van der Waals surface area contributed by atoms with Crippen LogP contribution in [0.1, 0.15) is 29.5 Å². The topological polar surface area (TPSA) is 76.4 Å². The molecule has 3 rings (SSSR count). The largest absolute Gasteiger partial charge is 0.508 e. The number of aromatic hydroxyl groups is 1. The van der Waals surface area contributed by atoms with E-state index in [0.717, 1.165) is 24.0 Å². The second-order valence-corrected chi connectivity index (χ2v) is 6.00. The molecule has 0 heterocycles. The average molecular weight is 321 g/mol. The van der Waals surface area contributed by atoms with Gasteiger partial charge in [-0.15, -0.1) is 0 Å². The molecule has 5 heteroatoms. The molecular weight excluding hydrogens is 302 g/mol. The number of carbonyl (C=O) groups excluding carboxylic acids is 1. The summed E-state index contributed by atoms with van der Waals surface area (Å²) >= 11 is 0. The zero-order valence-electron chi connectivity index (χ0n) is 13.3. The van der Waals surface area contributed by atoms with Gasteiger partial charge in [0.25, 0.3) is 0 Å². The molecule has 2 aromatic rings. The number of phenols is 1.